The van der Waals surface area contributed by atoms with Gasteiger partial charge in [0, 0.05) is 7.05 Å². The molecule has 0 unspecified atom stereocenters. The van der Waals surface area contributed by atoms with Gasteiger partial charge in [0.1, 0.15) is 10.7 Å². The van der Waals surface area contributed by atoms with Gasteiger partial charge in [-0.1, -0.05) is 24.8 Å². The molecule has 0 aliphatic rings. The van der Waals surface area contributed by atoms with Gasteiger partial charge >= 0.3 is 18.0 Å². The van der Waals surface area contributed by atoms with E-state index in [-0.39, 0.29) is 23.3 Å². The number of sulfonamides is 1. The molecule has 0 aliphatic carbocycles. The number of primary amides is 1. The molecule has 0 bridgehead atoms. The smallest absolute Gasteiger partial charge is 0.339 e. The van der Waals surface area contributed by atoms with Crippen LogP contribution in [0.25, 0.3) is 0 Å². The van der Waals surface area contributed by atoms with E-state index >= 15 is 0 Å². The topological polar surface area (TPSA) is 184 Å². The van der Waals surface area contributed by atoms with Crippen LogP contribution < -0.4 is 20.1 Å². The Morgan fingerprint density at radius 3 is 2.26 bits per heavy atom. The maximum Gasteiger partial charge on any atom is 0.339 e. The monoisotopic (exact) mass is 472 g/mol. The van der Waals surface area contributed by atoms with Gasteiger partial charge < -0.3 is 15.2 Å². The molecule has 3 amide bonds. The zero-order valence-corrected chi connectivity index (χ0v) is 18.6. The van der Waals surface area contributed by atoms with Crippen molar-refractivity contribution in [2.75, 3.05) is 26.2 Å². The van der Waals surface area contributed by atoms with Crippen molar-refractivity contribution >= 4 is 45.8 Å². The number of aryl methyl sites for hydroxylation is 1. The van der Waals surface area contributed by atoms with Gasteiger partial charge in [0.2, 0.25) is 5.95 Å². The van der Waals surface area contributed by atoms with Crippen LogP contribution in [0, 0.1) is 6.92 Å². The Bertz CT molecular complexity index is 1070. The summed E-state index contributed by atoms with van der Waals surface area (Å²) in [5.74, 6) is -0.696. The number of rotatable bonds is 5. The van der Waals surface area contributed by atoms with Crippen LogP contribution in [0.3, 0.4) is 0 Å². The first kappa shape index (κ1) is 25.6. The Labute approximate surface area is 183 Å². The minimum absolute atomic E-state index is 0.0314. The number of nitrogens with two attached hydrogens (primary N) is 1. The number of amides is 3. The van der Waals surface area contributed by atoms with Gasteiger partial charge in [0.05, 0.1) is 19.8 Å². The first-order chi connectivity index (χ1) is 14.4. The lowest BCUT2D eigenvalue weighted by Gasteiger charge is -2.17. The molecule has 0 saturated carbocycles. The minimum Gasteiger partial charge on any atom is -0.467 e. The molecule has 2 rings (SSSR count). The lowest BCUT2D eigenvalue weighted by atomic mass is 10.2. The number of hydrogen-bond donors (Lipinski definition) is 3. The van der Waals surface area contributed by atoms with Crippen molar-refractivity contribution in [1.29, 1.82) is 0 Å². The van der Waals surface area contributed by atoms with E-state index in [1.54, 1.807) is 6.92 Å². The molecule has 0 saturated heterocycles. The van der Waals surface area contributed by atoms with Crippen LogP contribution in [0.2, 0.25) is 0 Å². The van der Waals surface area contributed by atoms with Gasteiger partial charge in [-0.25, -0.2) is 22.7 Å². The fourth-order valence-corrected chi connectivity index (χ4v) is 3.17. The Kier molecular flexibility index (Phi) is 9.14. The average molecular weight is 473 g/mol. The van der Waals surface area contributed by atoms with Crippen molar-refractivity contribution in [1.82, 2.24) is 19.7 Å². The fourth-order valence-electron chi connectivity index (χ4n) is 1.99. The summed E-state index contributed by atoms with van der Waals surface area (Å²) >= 11 is 3.10. The number of aromatic nitrogens is 3. The molecular formula is C16H20N6O7S2. The van der Waals surface area contributed by atoms with Crippen LogP contribution >= 0.6 is 12.6 Å². The Balaban J connectivity index is 0.00000110. The number of thiol groups is 1. The zero-order valence-electron chi connectivity index (χ0n) is 16.9. The lowest BCUT2D eigenvalue weighted by molar-refractivity contribution is 0.0596. The molecular weight excluding hydrogens is 452 g/mol. The molecule has 1 aromatic carbocycles. The second-order valence-electron chi connectivity index (χ2n) is 5.46. The highest BCUT2D eigenvalue weighted by atomic mass is 32.2. The van der Waals surface area contributed by atoms with Gasteiger partial charge in [0.15, 0.2) is 0 Å². The highest BCUT2D eigenvalue weighted by Gasteiger charge is 2.27. The SMILES string of the molecule is COC(=O)c1ccccc1S(=O)(=O)NC(=O)N(C)c1nc(C)nc(OC)n1.NC(=O)S. The summed E-state index contributed by atoms with van der Waals surface area (Å²) in [4.78, 5) is 45.4. The number of carbonyl (C=O) groups excluding carboxylic acids is 3. The van der Waals surface area contributed by atoms with Crippen LogP contribution in [0.4, 0.5) is 15.5 Å². The molecule has 168 valence electrons. The lowest BCUT2D eigenvalue weighted by Crippen LogP contribution is -2.42. The van der Waals surface area contributed by atoms with Gasteiger partial charge in [-0.3, -0.25) is 9.69 Å². The van der Waals surface area contributed by atoms with Gasteiger partial charge in [-0.2, -0.15) is 15.0 Å². The summed E-state index contributed by atoms with van der Waals surface area (Å²) in [5.41, 5.74) is 4.13. The molecule has 1 heterocycles. The Morgan fingerprint density at radius 2 is 1.71 bits per heavy atom. The summed E-state index contributed by atoms with van der Waals surface area (Å²) < 4.78 is 36.5. The van der Waals surface area contributed by atoms with E-state index in [9.17, 15) is 18.0 Å². The minimum atomic E-state index is -4.37. The summed E-state index contributed by atoms with van der Waals surface area (Å²) in [7, 11) is -0.640. The Morgan fingerprint density at radius 1 is 1.13 bits per heavy atom. The number of nitrogens with zero attached hydrogens (tertiary/aromatic N) is 4. The van der Waals surface area contributed by atoms with Gasteiger partial charge in [-0.15, -0.1) is 0 Å². The third kappa shape index (κ3) is 7.38. The molecule has 15 heteroatoms. The fraction of sp³-hybridized carbons (Fsp3) is 0.250. The number of anilines is 1. The van der Waals surface area contributed by atoms with Crippen LogP contribution in [0.15, 0.2) is 29.2 Å². The van der Waals surface area contributed by atoms with Crippen molar-refractivity contribution in [3.8, 4) is 6.01 Å². The second kappa shape index (κ2) is 11.1. The molecule has 3 N–H and O–H groups in total. The largest absolute Gasteiger partial charge is 0.467 e. The number of urea groups is 1. The normalized spacial score (nSPS) is 10.2. The van der Waals surface area contributed by atoms with Crippen molar-refractivity contribution in [3.63, 3.8) is 0 Å². The quantitative estimate of drug-likeness (QED) is 0.409. The highest BCUT2D eigenvalue weighted by molar-refractivity contribution is 7.96. The first-order valence-electron chi connectivity index (χ1n) is 8.15. The van der Waals surface area contributed by atoms with Crippen LogP contribution in [-0.4, -0.2) is 61.9 Å². The number of hydrogen-bond acceptors (Lipinski definition) is 10. The summed E-state index contributed by atoms with van der Waals surface area (Å²) in [6, 6.07) is 4.26. The van der Waals surface area contributed by atoms with Crippen molar-refractivity contribution < 1.29 is 32.3 Å². The molecule has 0 fully saturated rings. The number of methoxy groups -OCH3 is 2. The van der Waals surface area contributed by atoms with Crippen LogP contribution in [-0.2, 0) is 14.8 Å². The summed E-state index contributed by atoms with van der Waals surface area (Å²) in [6.45, 7) is 1.56. The maximum atomic E-state index is 12.6. The van der Waals surface area contributed by atoms with E-state index in [0.717, 1.165) is 12.0 Å². The third-order valence-corrected chi connectivity index (χ3v) is 4.68. The molecule has 13 nitrogen and oxygen atoms in total. The average Bonchev–Trinajstić information content (AvgIpc) is 2.71. The molecule has 2 aromatic rings. The number of nitrogens with one attached hydrogen (secondary N) is 1. The molecule has 31 heavy (non-hydrogen) atoms. The first-order valence-corrected chi connectivity index (χ1v) is 10.1. The number of benzene rings is 1. The van der Waals surface area contributed by atoms with Crippen molar-refractivity contribution in [2.24, 2.45) is 5.73 Å². The Hall–Kier alpha value is -3.46. The molecule has 0 radical (unpaired) electrons. The number of carbonyl (C=O) groups is 3. The highest BCUT2D eigenvalue weighted by Crippen LogP contribution is 2.17. The van der Waals surface area contributed by atoms with Crippen molar-refractivity contribution in [3.05, 3.63) is 35.7 Å². The predicted octanol–water partition coefficient (Wildman–Crippen LogP) is 0.505. The van der Waals surface area contributed by atoms with E-state index in [2.05, 4.69) is 38.1 Å². The molecule has 0 aliphatic heterocycles. The molecule has 0 spiro atoms. The van der Waals surface area contributed by atoms with Gasteiger partial charge in [-0.05, 0) is 19.1 Å². The second-order valence-corrected chi connectivity index (χ2v) is 7.56. The van der Waals surface area contributed by atoms with E-state index < -0.39 is 32.2 Å². The summed E-state index contributed by atoms with van der Waals surface area (Å²) in [6.07, 6.45) is 0. The van der Waals surface area contributed by atoms with E-state index in [0.29, 0.717) is 0 Å². The zero-order chi connectivity index (χ0) is 23.8. The number of esters is 1. The molecule has 0 atom stereocenters. The summed E-state index contributed by atoms with van der Waals surface area (Å²) in [5, 5.41) is -0.639. The third-order valence-electron chi connectivity index (χ3n) is 3.31. The van der Waals surface area contributed by atoms with E-state index in [4.69, 9.17) is 9.53 Å². The van der Waals surface area contributed by atoms with E-state index in [1.165, 1.54) is 38.4 Å². The number of ether oxygens (including phenoxy) is 2. The van der Waals surface area contributed by atoms with Crippen molar-refractivity contribution in [2.45, 2.75) is 11.8 Å². The van der Waals surface area contributed by atoms with E-state index in [1.807, 2.05) is 4.72 Å². The van der Waals surface area contributed by atoms with Crippen LogP contribution in [0.5, 0.6) is 6.01 Å². The van der Waals surface area contributed by atoms with Gasteiger partial charge in [0.25, 0.3) is 15.3 Å². The molecule has 1 aromatic heterocycles. The predicted molar refractivity (Wildman–Crippen MR) is 112 cm³/mol. The van der Waals surface area contributed by atoms with Crippen LogP contribution in [0.1, 0.15) is 16.2 Å². The standard InChI is InChI=1S/C15H17N5O6S.CH3NOS/c1-9-16-13(18-14(17-9)26-4)20(2)15(22)19-27(23,24)11-8-6-5-7-10(11)12(21)25-3;2-1(3)4/h5-8H,1-4H3,(H,19,22);(H3,2,3,4). The maximum absolute atomic E-state index is 12.6.